The number of benzene rings is 2. The van der Waals surface area contributed by atoms with Crippen LogP contribution < -0.4 is 0 Å². The minimum atomic E-state index is -0.374. The topological polar surface area (TPSA) is 66.5 Å². The quantitative estimate of drug-likeness (QED) is 0.718. The number of rotatable bonds is 3. The Labute approximate surface area is 154 Å². The summed E-state index contributed by atoms with van der Waals surface area (Å²) in [6.07, 6.45) is 0. The van der Waals surface area contributed by atoms with Crippen LogP contribution in [-0.2, 0) is 13.1 Å². The third-order valence-corrected chi connectivity index (χ3v) is 4.46. The number of aliphatic imine (C=N–C) groups is 1. The second-order valence-corrected chi connectivity index (χ2v) is 6.40. The molecule has 3 aromatic rings. The van der Waals surface area contributed by atoms with E-state index < -0.39 is 0 Å². The van der Waals surface area contributed by atoms with E-state index in [1.165, 1.54) is 19.2 Å². The fraction of sp³-hybridized carbons (Fsp3) is 0.167. The van der Waals surface area contributed by atoms with E-state index in [1.54, 1.807) is 16.7 Å². The molecule has 0 saturated carbocycles. The van der Waals surface area contributed by atoms with E-state index in [4.69, 9.17) is 11.6 Å². The van der Waals surface area contributed by atoms with E-state index in [2.05, 4.69) is 15.2 Å². The normalized spacial score (nSPS) is 13.2. The Morgan fingerprint density at radius 1 is 1.19 bits per heavy atom. The van der Waals surface area contributed by atoms with Crippen molar-refractivity contribution >= 4 is 17.3 Å². The maximum atomic E-state index is 14.1. The summed E-state index contributed by atoms with van der Waals surface area (Å²) in [4.78, 5) is 4.64. The minimum absolute atomic E-state index is 0.172. The largest absolute Gasteiger partial charge is 0.314 e. The smallest absolute Gasteiger partial charge is 0.159 e. The van der Waals surface area contributed by atoms with Crippen molar-refractivity contribution in [2.75, 3.05) is 7.05 Å². The predicted molar refractivity (Wildman–Crippen MR) is 95.4 cm³/mol. The summed E-state index contributed by atoms with van der Waals surface area (Å²) in [6.45, 7) is 0.435. The summed E-state index contributed by atoms with van der Waals surface area (Å²) in [5, 5.41) is 19.5. The molecule has 0 aliphatic carbocycles. The Balaban J connectivity index is 1.95. The van der Waals surface area contributed by atoms with Crippen molar-refractivity contribution < 1.29 is 9.60 Å². The van der Waals surface area contributed by atoms with Crippen molar-refractivity contribution in [1.82, 2.24) is 19.8 Å². The first-order valence-electron chi connectivity index (χ1n) is 7.97. The van der Waals surface area contributed by atoms with Gasteiger partial charge in [-0.05, 0) is 24.3 Å². The van der Waals surface area contributed by atoms with Crippen molar-refractivity contribution in [2.45, 2.75) is 13.1 Å². The molecule has 0 fully saturated rings. The Morgan fingerprint density at radius 2 is 2.00 bits per heavy atom. The van der Waals surface area contributed by atoms with E-state index in [9.17, 15) is 9.60 Å². The van der Waals surface area contributed by atoms with E-state index in [1.807, 2.05) is 18.2 Å². The monoisotopic (exact) mass is 371 g/mol. The molecule has 8 heteroatoms. The summed E-state index contributed by atoms with van der Waals surface area (Å²) < 4.78 is 15.9. The van der Waals surface area contributed by atoms with Crippen LogP contribution in [0.1, 0.15) is 22.8 Å². The lowest BCUT2D eigenvalue weighted by molar-refractivity contribution is -0.0754. The third kappa shape index (κ3) is 2.90. The fourth-order valence-corrected chi connectivity index (χ4v) is 3.28. The van der Waals surface area contributed by atoms with E-state index >= 15 is 0 Å². The molecule has 2 heterocycles. The molecule has 4 rings (SSSR count). The van der Waals surface area contributed by atoms with Gasteiger partial charge in [-0.1, -0.05) is 29.8 Å². The van der Waals surface area contributed by atoms with E-state index in [-0.39, 0.29) is 18.9 Å². The second-order valence-electron chi connectivity index (χ2n) is 5.99. The van der Waals surface area contributed by atoms with Crippen molar-refractivity contribution in [1.29, 1.82) is 0 Å². The molecule has 1 aliphatic heterocycles. The summed E-state index contributed by atoms with van der Waals surface area (Å²) in [6, 6.07) is 11.8. The van der Waals surface area contributed by atoms with Gasteiger partial charge < -0.3 is 5.21 Å². The molecule has 0 unspecified atom stereocenters. The van der Waals surface area contributed by atoms with Crippen LogP contribution in [0, 0.1) is 5.82 Å². The minimum Gasteiger partial charge on any atom is -0.314 e. The average molecular weight is 372 g/mol. The van der Waals surface area contributed by atoms with Gasteiger partial charge in [-0.3, -0.25) is 9.56 Å². The molecule has 1 aliphatic rings. The number of fused-ring (bicyclic) bond motifs is 3. The van der Waals surface area contributed by atoms with E-state index in [0.29, 0.717) is 33.6 Å². The maximum Gasteiger partial charge on any atom is 0.159 e. The molecule has 0 amide bonds. The van der Waals surface area contributed by atoms with Crippen LogP contribution >= 0.6 is 11.6 Å². The zero-order valence-electron chi connectivity index (χ0n) is 13.9. The lowest BCUT2D eigenvalue weighted by Gasteiger charge is -2.15. The van der Waals surface area contributed by atoms with E-state index in [0.717, 1.165) is 10.6 Å². The van der Waals surface area contributed by atoms with Gasteiger partial charge in [-0.25, -0.2) is 4.39 Å². The zero-order valence-corrected chi connectivity index (χ0v) is 14.7. The van der Waals surface area contributed by atoms with Crippen molar-refractivity contribution in [3.05, 3.63) is 76.1 Å². The van der Waals surface area contributed by atoms with Crippen LogP contribution in [0.15, 0.2) is 47.5 Å². The van der Waals surface area contributed by atoms with Crippen LogP contribution in [0.3, 0.4) is 0 Å². The molecule has 1 aromatic heterocycles. The lowest BCUT2D eigenvalue weighted by Crippen LogP contribution is -2.17. The van der Waals surface area contributed by atoms with Crippen LogP contribution in [0.25, 0.3) is 5.69 Å². The predicted octanol–water partition coefficient (Wildman–Crippen LogP) is 3.23. The second kappa shape index (κ2) is 6.60. The average Bonchev–Trinajstić information content (AvgIpc) is 2.91. The Morgan fingerprint density at radius 3 is 2.77 bits per heavy atom. The summed E-state index contributed by atoms with van der Waals surface area (Å²) in [7, 11) is 1.52. The molecule has 0 saturated heterocycles. The number of halogens is 2. The lowest BCUT2D eigenvalue weighted by atomic mass is 10.00. The standard InChI is InChI=1S/C18H15ClFN5O/c1-24(26)10-17-23-22-16-9-21-18(12-4-2-3-5-14(12)19)13-8-11(20)6-7-15(13)25(16)17/h2-8,26H,9-10H2,1H3. The first-order chi connectivity index (χ1) is 12.5. The zero-order chi connectivity index (χ0) is 18.3. The van der Waals surface area contributed by atoms with Gasteiger partial charge >= 0.3 is 0 Å². The molecule has 0 spiro atoms. The van der Waals surface area contributed by atoms with Gasteiger partial charge in [0.2, 0.25) is 0 Å². The summed E-state index contributed by atoms with van der Waals surface area (Å²) >= 11 is 6.35. The number of hydrogen-bond acceptors (Lipinski definition) is 5. The highest BCUT2D eigenvalue weighted by molar-refractivity contribution is 6.35. The number of hydrogen-bond donors (Lipinski definition) is 1. The number of aromatic nitrogens is 3. The SMILES string of the molecule is CN(O)Cc1nnc2n1-c1ccc(F)cc1C(c1ccccc1Cl)=NC2. The van der Waals surface area contributed by atoms with Crippen molar-refractivity contribution in [2.24, 2.45) is 4.99 Å². The van der Waals surface area contributed by atoms with Gasteiger partial charge in [0, 0.05) is 23.2 Å². The first kappa shape index (κ1) is 16.8. The van der Waals surface area contributed by atoms with Crippen LogP contribution in [0.4, 0.5) is 4.39 Å². The van der Waals surface area contributed by atoms with Crippen LogP contribution in [0.5, 0.6) is 0 Å². The van der Waals surface area contributed by atoms with Crippen LogP contribution in [0.2, 0.25) is 5.02 Å². The Kier molecular flexibility index (Phi) is 4.28. The molecular formula is C18H15ClFN5O. The van der Waals surface area contributed by atoms with Gasteiger partial charge in [0.1, 0.15) is 12.4 Å². The Hall–Kier alpha value is -2.61. The van der Waals surface area contributed by atoms with Crippen molar-refractivity contribution in [3.63, 3.8) is 0 Å². The van der Waals surface area contributed by atoms with Gasteiger partial charge in [-0.15, -0.1) is 10.2 Å². The number of hydroxylamine groups is 2. The summed E-state index contributed by atoms with van der Waals surface area (Å²) in [5.74, 6) is 0.770. The van der Waals surface area contributed by atoms with Crippen molar-refractivity contribution in [3.8, 4) is 5.69 Å². The molecule has 0 atom stereocenters. The molecule has 1 N–H and O–H groups in total. The van der Waals surface area contributed by atoms with Gasteiger partial charge in [0.25, 0.3) is 0 Å². The Bertz CT molecular complexity index is 1010. The fourth-order valence-electron chi connectivity index (χ4n) is 3.05. The molecule has 132 valence electrons. The summed E-state index contributed by atoms with van der Waals surface area (Å²) in [5.41, 5.74) is 2.61. The molecular weight excluding hydrogens is 357 g/mol. The third-order valence-electron chi connectivity index (χ3n) is 4.13. The highest BCUT2D eigenvalue weighted by Crippen LogP contribution is 2.29. The molecule has 0 radical (unpaired) electrons. The maximum absolute atomic E-state index is 14.1. The van der Waals surface area contributed by atoms with Gasteiger partial charge in [-0.2, -0.15) is 5.06 Å². The molecule has 0 bridgehead atoms. The number of nitrogens with zero attached hydrogens (tertiary/aromatic N) is 5. The molecule has 26 heavy (non-hydrogen) atoms. The van der Waals surface area contributed by atoms with Crippen LogP contribution in [-0.4, -0.2) is 37.8 Å². The van der Waals surface area contributed by atoms with Gasteiger partial charge in [0.05, 0.1) is 17.9 Å². The first-order valence-corrected chi connectivity index (χ1v) is 8.35. The molecule has 6 nitrogen and oxygen atoms in total. The highest BCUT2D eigenvalue weighted by Gasteiger charge is 2.24. The van der Waals surface area contributed by atoms with Gasteiger partial charge in [0.15, 0.2) is 11.6 Å². The highest BCUT2D eigenvalue weighted by atomic mass is 35.5. The molecule has 2 aromatic carbocycles.